The molecule has 0 aliphatic heterocycles. The number of ether oxygens (including phenoxy) is 1. The van der Waals surface area contributed by atoms with E-state index in [0.717, 1.165) is 12.1 Å². The molecule has 1 rings (SSSR count). The first-order chi connectivity index (χ1) is 9.63. The molecule has 1 aromatic rings. The van der Waals surface area contributed by atoms with E-state index >= 15 is 0 Å². The van der Waals surface area contributed by atoms with Crippen molar-refractivity contribution in [1.82, 2.24) is 0 Å². The predicted molar refractivity (Wildman–Crippen MR) is 70.8 cm³/mol. The minimum absolute atomic E-state index is 0.220. The van der Waals surface area contributed by atoms with Crippen molar-refractivity contribution < 1.29 is 32.6 Å². The maximum Gasteiger partial charge on any atom is 0.391 e. The summed E-state index contributed by atoms with van der Waals surface area (Å²) >= 11 is 3.09. The Morgan fingerprint density at radius 1 is 1.24 bits per heavy atom. The maximum atomic E-state index is 12.8. The van der Waals surface area contributed by atoms with Gasteiger partial charge in [-0.1, -0.05) is 28.1 Å². The zero-order valence-electron chi connectivity index (χ0n) is 10.9. The third-order valence-corrected chi connectivity index (χ3v) is 3.32. The highest BCUT2D eigenvalue weighted by atomic mass is 79.9. The third-order valence-electron chi connectivity index (χ3n) is 2.79. The van der Waals surface area contributed by atoms with Gasteiger partial charge in [0.2, 0.25) is 0 Å². The summed E-state index contributed by atoms with van der Waals surface area (Å²) in [4.78, 5) is 23.4. The Morgan fingerprint density at radius 2 is 1.76 bits per heavy atom. The number of alkyl halides is 3. The van der Waals surface area contributed by atoms with Crippen LogP contribution in [0.4, 0.5) is 13.2 Å². The molecule has 21 heavy (non-hydrogen) atoms. The number of esters is 1. The second-order valence-corrected chi connectivity index (χ2v) is 5.15. The van der Waals surface area contributed by atoms with Gasteiger partial charge in [0.05, 0.1) is 13.0 Å². The van der Waals surface area contributed by atoms with Crippen LogP contribution >= 0.6 is 15.9 Å². The number of hydrogen-bond donors (Lipinski definition) is 1. The molecule has 0 fully saturated rings. The number of aliphatic carboxylic acids is 1. The van der Waals surface area contributed by atoms with Crippen LogP contribution in [0.1, 0.15) is 18.9 Å². The van der Waals surface area contributed by atoms with Gasteiger partial charge in [0.1, 0.15) is 0 Å². The van der Waals surface area contributed by atoms with Crippen molar-refractivity contribution in [3.8, 4) is 0 Å². The molecule has 1 aromatic carbocycles. The Labute approximate surface area is 127 Å². The number of hydrogen-bond acceptors (Lipinski definition) is 3. The Bertz CT molecular complexity index is 527. The zero-order valence-corrected chi connectivity index (χ0v) is 12.5. The van der Waals surface area contributed by atoms with Crippen molar-refractivity contribution in [3.05, 3.63) is 34.3 Å². The quantitative estimate of drug-likeness (QED) is 0.639. The largest absolute Gasteiger partial charge is 0.480 e. The van der Waals surface area contributed by atoms with E-state index in [0.29, 0.717) is 4.47 Å². The average molecular weight is 369 g/mol. The molecule has 8 heteroatoms. The summed E-state index contributed by atoms with van der Waals surface area (Å²) in [6.45, 7) is 1.17. The first-order valence-corrected chi connectivity index (χ1v) is 6.66. The average Bonchev–Trinajstić information content (AvgIpc) is 2.35. The Balaban J connectivity index is 3.47. The molecule has 0 aliphatic rings. The predicted octanol–water partition coefficient (Wildman–Crippen LogP) is 3.29. The van der Waals surface area contributed by atoms with Gasteiger partial charge in [-0.2, -0.15) is 13.2 Å². The summed E-state index contributed by atoms with van der Waals surface area (Å²) in [6, 6.07) is 5.03. The monoisotopic (exact) mass is 368 g/mol. The summed E-state index contributed by atoms with van der Waals surface area (Å²) in [5.41, 5.74) is -3.09. The van der Waals surface area contributed by atoms with Crippen LogP contribution in [-0.4, -0.2) is 29.8 Å². The Hall–Kier alpha value is -1.57. The highest BCUT2D eigenvalue weighted by Gasteiger charge is 2.56. The van der Waals surface area contributed by atoms with E-state index in [1.807, 2.05) is 0 Å². The van der Waals surface area contributed by atoms with E-state index in [1.165, 1.54) is 19.1 Å². The van der Waals surface area contributed by atoms with Gasteiger partial charge in [0.25, 0.3) is 0 Å². The van der Waals surface area contributed by atoms with Crippen molar-refractivity contribution in [2.24, 2.45) is 0 Å². The number of carbonyl (C=O) groups is 2. The standard InChI is InChI=1S/C13H12BrF3O4/c1-2-21-11(20)12(10(18)19,7-13(15,16)17)8-3-5-9(14)6-4-8/h3-6H,2,7H2,1H3,(H,18,19). The summed E-state index contributed by atoms with van der Waals surface area (Å²) in [6.07, 6.45) is -6.69. The topological polar surface area (TPSA) is 63.6 Å². The van der Waals surface area contributed by atoms with Crippen LogP contribution in [-0.2, 0) is 19.7 Å². The van der Waals surface area contributed by atoms with E-state index in [4.69, 9.17) is 0 Å². The van der Waals surface area contributed by atoms with E-state index in [1.54, 1.807) is 0 Å². The van der Waals surface area contributed by atoms with E-state index in [9.17, 15) is 27.9 Å². The molecule has 116 valence electrons. The highest BCUT2D eigenvalue weighted by Crippen LogP contribution is 2.38. The number of carboxylic acid groups (broad SMARTS) is 1. The molecule has 0 bridgehead atoms. The molecular weight excluding hydrogens is 357 g/mol. The molecule has 1 atom stereocenters. The summed E-state index contributed by atoms with van der Waals surface area (Å²) < 4.78 is 43.5. The number of halogens is 4. The summed E-state index contributed by atoms with van der Waals surface area (Å²) in [7, 11) is 0. The fourth-order valence-corrected chi connectivity index (χ4v) is 2.13. The number of benzene rings is 1. The number of rotatable bonds is 5. The highest BCUT2D eigenvalue weighted by molar-refractivity contribution is 9.10. The molecule has 4 nitrogen and oxygen atoms in total. The van der Waals surface area contributed by atoms with Gasteiger partial charge in [-0.05, 0) is 24.6 Å². The lowest BCUT2D eigenvalue weighted by Gasteiger charge is -2.28. The van der Waals surface area contributed by atoms with Crippen molar-refractivity contribution >= 4 is 27.9 Å². The van der Waals surface area contributed by atoms with Crippen LogP contribution in [0.25, 0.3) is 0 Å². The zero-order chi connectivity index (χ0) is 16.3. The molecule has 0 amide bonds. The lowest BCUT2D eigenvalue weighted by molar-refractivity contribution is -0.182. The Kier molecular flexibility index (Phi) is 5.38. The fourth-order valence-electron chi connectivity index (χ4n) is 1.87. The molecule has 0 radical (unpaired) electrons. The second-order valence-electron chi connectivity index (χ2n) is 4.23. The van der Waals surface area contributed by atoms with Crippen LogP contribution in [0, 0.1) is 0 Å². The minimum Gasteiger partial charge on any atom is -0.480 e. The van der Waals surface area contributed by atoms with Gasteiger partial charge in [0.15, 0.2) is 5.41 Å². The van der Waals surface area contributed by atoms with Crippen molar-refractivity contribution in [2.75, 3.05) is 6.61 Å². The second kappa shape index (κ2) is 6.46. The van der Waals surface area contributed by atoms with E-state index < -0.39 is 30.0 Å². The van der Waals surface area contributed by atoms with Crippen molar-refractivity contribution in [1.29, 1.82) is 0 Å². The molecule has 0 aromatic heterocycles. The van der Waals surface area contributed by atoms with Crippen LogP contribution in [0.5, 0.6) is 0 Å². The molecule has 0 saturated carbocycles. The lowest BCUT2D eigenvalue weighted by Crippen LogP contribution is -2.48. The number of carboxylic acids is 1. The van der Waals surface area contributed by atoms with Gasteiger partial charge in [0, 0.05) is 4.47 Å². The van der Waals surface area contributed by atoms with Crippen LogP contribution in [0.15, 0.2) is 28.7 Å². The smallest absolute Gasteiger partial charge is 0.391 e. The van der Waals surface area contributed by atoms with E-state index in [2.05, 4.69) is 20.7 Å². The van der Waals surface area contributed by atoms with Crippen molar-refractivity contribution in [3.63, 3.8) is 0 Å². The number of carbonyl (C=O) groups excluding carboxylic acids is 1. The van der Waals surface area contributed by atoms with Crippen LogP contribution < -0.4 is 0 Å². The summed E-state index contributed by atoms with van der Waals surface area (Å²) in [5.74, 6) is -3.34. The summed E-state index contributed by atoms with van der Waals surface area (Å²) in [5, 5.41) is 9.29. The molecule has 1 unspecified atom stereocenters. The Morgan fingerprint density at radius 3 is 2.14 bits per heavy atom. The molecular formula is C13H12BrF3O4. The normalized spacial score (nSPS) is 14.3. The molecule has 0 aliphatic carbocycles. The molecule has 0 saturated heterocycles. The third kappa shape index (κ3) is 3.96. The minimum atomic E-state index is -4.85. The lowest BCUT2D eigenvalue weighted by atomic mass is 9.77. The van der Waals surface area contributed by atoms with Gasteiger partial charge in [-0.3, -0.25) is 9.59 Å². The van der Waals surface area contributed by atoms with E-state index in [-0.39, 0.29) is 12.2 Å². The van der Waals surface area contributed by atoms with Gasteiger partial charge < -0.3 is 9.84 Å². The maximum absolute atomic E-state index is 12.8. The first-order valence-electron chi connectivity index (χ1n) is 5.87. The SMILES string of the molecule is CCOC(=O)C(CC(F)(F)F)(C(=O)O)c1ccc(Br)cc1. The van der Waals surface area contributed by atoms with Gasteiger partial charge in [-0.15, -0.1) is 0 Å². The fraction of sp³-hybridized carbons (Fsp3) is 0.385. The molecule has 1 N–H and O–H groups in total. The molecule has 0 heterocycles. The van der Waals surface area contributed by atoms with Crippen molar-refractivity contribution in [2.45, 2.75) is 24.9 Å². The first kappa shape index (κ1) is 17.5. The van der Waals surface area contributed by atoms with Gasteiger partial charge >= 0.3 is 18.1 Å². The van der Waals surface area contributed by atoms with Crippen LogP contribution in [0.2, 0.25) is 0 Å². The molecule has 0 spiro atoms. The van der Waals surface area contributed by atoms with Crippen LogP contribution in [0.3, 0.4) is 0 Å². The van der Waals surface area contributed by atoms with Gasteiger partial charge in [-0.25, -0.2) is 0 Å².